The Morgan fingerprint density at radius 3 is 2.55 bits per heavy atom. The largest absolute Gasteiger partial charge is 0.484 e. The van der Waals surface area contributed by atoms with Gasteiger partial charge in [-0.2, -0.15) is 0 Å². The van der Waals surface area contributed by atoms with Gasteiger partial charge < -0.3 is 10.1 Å². The van der Waals surface area contributed by atoms with E-state index >= 15 is 0 Å². The molecular formula is C19H29NO2. The van der Waals surface area contributed by atoms with Crippen LogP contribution in [0.15, 0.2) is 18.2 Å². The third-order valence-electron chi connectivity index (χ3n) is 4.61. The van der Waals surface area contributed by atoms with E-state index in [2.05, 4.69) is 39.1 Å². The maximum Gasteiger partial charge on any atom is 0.258 e. The van der Waals surface area contributed by atoms with Crippen molar-refractivity contribution in [3.63, 3.8) is 0 Å². The van der Waals surface area contributed by atoms with Gasteiger partial charge in [-0.25, -0.2) is 0 Å². The lowest BCUT2D eigenvalue weighted by molar-refractivity contribution is -0.124. The summed E-state index contributed by atoms with van der Waals surface area (Å²) in [4.78, 5) is 12.0. The van der Waals surface area contributed by atoms with Gasteiger partial charge >= 0.3 is 0 Å². The Labute approximate surface area is 134 Å². The quantitative estimate of drug-likeness (QED) is 0.885. The van der Waals surface area contributed by atoms with Crippen molar-refractivity contribution >= 4 is 5.91 Å². The number of nitrogens with one attached hydrogen (secondary N) is 1. The SMILES string of the molecule is Cc1cc(OCC(=O)NC2CCC(C)CC2)ccc1C(C)C. The first-order valence-corrected chi connectivity index (χ1v) is 8.48. The highest BCUT2D eigenvalue weighted by Crippen LogP contribution is 2.24. The summed E-state index contributed by atoms with van der Waals surface area (Å²) in [6, 6.07) is 6.40. The van der Waals surface area contributed by atoms with E-state index in [9.17, 15) is 4.79 Å². The number of amides is 1. The van der Waals surface area contributed by atoms with E-state index in [1.807, 2.05) is 12.1 Å². The molecule has 0 saturated heterocycles. The van der Waals surface area contributed by atoms with Crippen molar-refractivity contribution in [3.8, 4) is 5.75 Å². The Hall–Kier alpha value is -1.51. The molecule has 3 heteroatoms. The summed E-state index contributed by atoms with van der Waals surface area (Å²) in [5, 5.41) is 3.09. The molecule has 0 radical (unpaired) electrons. The summed E-state index contributed by atoms with van der Waals surface area (Å²) in [5.41, 5.74) is 2.54. The number of ether oxygens (including phenoxy) is 1. The molecule has 0 aromatic heterocycles. The first-order valence-electron chi connectivity index (χ1n) is 8.48. The number of carbonyl (C=O) groups excluding carboxylic acids is 1. The zero-order valence-electron chi connectivity index (χ0n) is 14.3. The summed E-state index contributed by atoms with van der Waals surface area (Å²) in [6.07, 6.45) is 4.60. The number of benzene rings is 1. The number of aryl methyl sites for hydroxylation is 1. The van der Waals surface area contributed by atoms with Crippen molar-refractivity contribution in [3.05, 3.63) is 29.3 Å². The molecule has 1 saturated carbocycles. The van der Waals surface area contributed by atoms with Gasteiger partial charge in [0, 0.05) is 6.04 Å². The van der Waals surface area contributed by atoms with Crippen molar-refractivity contribution in [2.45, 2.75) is 65.3 Å². The lowest BCUT2D eigenvalue weighted by Gasteiger charge is -2.26. The summed E-state index contributed by atoms with van der Waals surface area (Å²) in [7, 11) is 0. The van der Waals surface area contributed by atoms with Crippen LogP contribution in [0.3, 0.4) is 0 Å². The van der Waals surface area contributed by atoms with Crippen molar-refractivity contribution < 1.29 is 9.53 Å². The molecule has 1 aliphatic rings. The first kappa shape index (κ1) is 16.9. The van der Waals surface area contributed by atoms with Gasteiger partial charge in [-0.3, -0.25) is 4.79 Å². The topological polar surface area (TPSA) is 38.3 Å². The molecule has 0 bridgehead atoms. The van der Waals surface area contributed by atoms with Gasteiger partial charge in [-0.05, 0) is 67.7 Å². The highest BCUT2D eigenvalue weighted by Gasteiger charge is 2.19. The van der Waals surface area contributed by atoms with Gasteiger partial charge in [0.15, 0.2) is 6.61 Å². The zero-order valence-corrected chi connectivity index (χ0v) is 14.3. The van der Waals surface area contributed by atoms with Crippen LogP contribution in [0.1, 0.15) is 63.5 Å². The predicted octanol–water partition coefficient (Wildman–Crippen LogP) is 4.19. The second-order valence-corrected chi connectivity index (χ2v) is 6.99. The number of hydrogen-bond donors (Lipinski definition) is 1. The molecule has 0 heterocycles. The molecule has 3 nitrogen and oxygen atoms in total. The van der Waals surface area contributed by atoms with Gasteiger partial charge in [0.2, 0.25) is 0 Å². The molecule has 1 aromatic carbocycles. The van der Waals surface area contributed by atoms with E-state index in [4.69, 9.17) is 4.74 Å². The first-order chi connectivity index (χ1) is 10.5. The minimum Gasteiger partial charge on any atom is -0.484 e. The van der Waals surface area contributed by atoms with E-state index in [1.165, 1.54) is 24.0 Å². The van der Waals surface area contributed by atoms with E-state index in [-0.39, 0.29) is 12.5 Å². The van der Waals surface area contributed by atoms with Crippen LogP contribution < -0.4 is 10.1 Å². The summed E-state index contributed by atoms with van der Waals surface area (Å²) < 4.78 is 5.63. The zero-order chi connectivity index (χ0) is 16.1. The van der Waals surface area contributed by atoms with E-state index in [0.717, 1.165) is 24.5 Å². The highest BCUT2D eigenvalue weighted by molar-refractivity contribution is 5.77. The van der Waals surface area contributed by atoms with Gasteiger partial charge in [-0.1, -0.05) is 26.8 Å². The molecule has 1 aromatic rings. The molecule has 0 aliphatic heterocycles. The minimum atomic E-state index is -0.00913. The molecule has 1 aliphatic carbocycles. The molecule has 0 atom stereocenters. The van der Waals surface area contributed by atoms with Crippen LogP contribution in [0.5, 0.6) is 5.75 Å². The normalized spacial score (nSPS) is 21.7. The van der Waals surface area contributed by atoms with Crippen molar-refractivity contribution in [2.75, 3.05) is 6.61 Å². The van der Waals surface area contributed by atoms with Crippen LogP contribution in [0.2, 0.25) is 0 Å². The molecule has 2 rings (SSSR count). The molecule has 1 fully saturated rings. The average Bonchev–Trinajstić information content (AvgIpc) is 2.47. The third kappa shape index (κ3) is 4.75. The molecule has 1 N–H and O–H groups in total. The highest BCUT2D eigenvalue weighted by atomic mass is 16.5. The average molecular weight is 303 g/mol. The fraction of sp³-hybridized carbons (Fsp3) is 0.632. The third-order valence-corrected chi connectivity index (χ3v) is 4.61. The number of rotatable bonds is 5. The monoisotopic (exact) mass is 303 g/mol. The van der Waals surface area contributed by atoms with Crippen LogP contribution in [0, 0.1) is 12.8 Å². The molecule has 1 amide bonds. The standard InChI is InChI=1S/C19H29NO2/c1-13(2)18-10-9-17(11-15(18)4)22-12-19(21)20-16-7-5-14(3)6-8-16/h9-11,13-14,16H,5-8,12H2,1-4H3,(H,20,21). The van der Waals surface area contributed by atoms with E-state index in [1.54, 1.807) is 0 Å². The van der Waals surface area contributed by atoms with Crippen molar-refractivity contribution in [2.24, 2.45) is 5.92 Å². The Kier molecular flexibility index (Phi) is 5.87. The fourth-order valence-corrected chi connectivity index (χ4v) is 3.21. The Balaban J connectivity index is 1.80. The van der Waals surface area contributed by atoms with Crippen LogP contribution in [0.25, 0.3) is 0 Å². The Morgan fingerprint density at radius 2 is 1.95 bits per heavy atom. The van der Waals surface area contributed by atoms with Crippen LogP contribution >= 0.6 is 0 Å². The fourth-order valence-electron chi connectivity index (χ4n) is 3.21. The second-order valence-electron chi connectivity index (χ2n) is 6.99. The summed E-state index contributed by atoms with van der Waals surface area (Å²) >= 11 is 0. The van der Waals surface area contributed by atoms with Gasteiger partial charge in [0.25, 0.3) is 5.91 Å². The predicted molar refractivity (Wildman–Crippen MR) is 90.3 cm³/mol. The molecule has 22 heavy (non-hydrogen) atoms. The van der Waals surface area contributed by atoms with Crippen molar-refractivity contribution in [1.82, 2.24) is 5.32 Å². The minimum absolute atomic E-state index is 0.00913. The van der Waals surface area contributed by atoms with Gasteiger partial charge in [0.1, 0.15) is 5.75 Å². The number of carbonyl (C=O) groups is 1. The molecular weight excluding hydrogens is 274 g/mol. The molecule has 122 valence electrons. The lowest BCUT2D eigenvalue weighted by Crippen LogP contribution is -2.39. The van der Waals surface area contributed by atoms with Crippen LogP contribution in [0.4, 0.5) is 0 Å². The maximum atomic E-state index is 12.0. The van der Waals surface area contributed by atoms with Gasteiger partial charge in [-0.15, -0.1) is 0 Å². The Bertz CT molecular complexity index is 502. The van der Waals surface area contributed by atoms with Gasteiger partial charge in [0.05, 0.1) is 0 Å². The molecule has 0 unspecified atom stereocenters. The van der Waals surface area contributed by atoms with Crippen LogP contribution in [-0.4, -0.2) is 18.6 Å². The molecule has 0 spiro atoms. The maximum absolute atomic E-state index is 12.0. The Morgan fingerprint density at radius 1 is 1.27 bits per heavy atom. The van der Waals surface area contributed by atoms with Crippen molar-refractivity contribution in [1.29, 1.82) is 0 Å². The van der Waals surface area contributed by atoms with Crippen LogP contribution in [-0.2, 0) is 4.79 Å². The lowest BCUT2D eigenvalue weighted by atomic mass is 9.87. The van der Waals surface area contributed by atoms with E-state index in [0.29, 0.717) is 12.0 Å². The summed E-state index contributed by atoms with van der Waals surface area (Å²) in [5.74, 6) is 2.07. The second kappa shape index (κ2) is 7.66. The van der Waals surface area contributed by atoms with E-state index < -0.39 is 0 Å². The summed E-state index contributed by atoms with van der Waals surface area (Å²) in [6.45, 7) is 8.84. The smallest absolute Gasteiger partial charge is 0.258 e. The number of hydrogen-bond acceptors (Lipinski definition) is 2.